The summed E-state index contributed by atoms with van der Waals surface area (Å²) in [7, 11) is 1.71. The number of aromatic nitrogens is 2. The van der Waals surface area contributed by atoms with Gasteiger partial charge in [-0.15, -0.1) is 0 Å². The highest BCUT2D eigenvalue weighted by Crippen LogP contribution is 2.32. The molecule has 1 atom stereocenters. The lowest BCUT2D eigenvalue weighted by Crippen LogP contribution is -2.39. The summed E-state index contributed by atoms with van der Waals surface area (Å²) in [5.41, 5.74) is 1.57. The van der Waals surface area contributed by atoms with Crippen LogP contribution in [0.25, 0.3) is 0 Å². The Balaban J connectivity index is 1.60. The molecule has 0 N–H and O–H groups in total. The van der Waals surface area contributed by atoms with Gasteiger partial charge < -0.3 is 14.5 Å². The molecule has 2 aliphatic rings. The molecule has 2 fully saturated rings. The Hall–Kier alpha value is -2.38. The fraction of sp³-hybridized carbons (Fsp3) is 0.647. The van der Waals surface area contributed by atoms with Crippen LogP contribution in [0.3, 0.4) is 0 Å². The van der Waals surface area contributed by atoms with Crippen molar-refractivity contribution in [3.8, 4) is 0 Å². The molecular formula is C17H24N4O4. The molecule has 2 aliphatic heterocycles. The quantitative estimate of drug-likeness (QED) is 0.762. The number of carbonyl (C=O) groups excluding carboxylic acids is 3. The van der Waals surface area contributed by atoms with Gasteiger partial charge in [0.05, 0.1) is 24.3 Å². The molecule has 2 saturated heterocycles. The summed E-state index contributed by atoms with van der Waals surface area (Å²) in [6.45, 7) is 7.16. The molecule has 136 valence electrons. The van der Waals surface area contributed by atoms with E-state index in [1.165, 1.54) is 6.92 Å². The largest absolute Gasteiger partial charge is 0.439 e. The molecule has 0 aromatic carbocycles. The van der Waals surface area contributed by atoms with Crippen molar-refractivity contribution in [1.29, 1.82) is 0 Å². The number of carbonyl (C=O) groups is 3. The normalized spacial score (nSPS) is 22.8. The van der Waals surface area contributed by atoms with Crippen molar-refractivity contribution in [3.05, 3.63) is 17.0 Å². The predicted molar refractivity (Wildman–Crippen MR) is 89.4 cm³/mol. The molecule has 8 heteroatoms. The van der Waals surface area contributed by atoms with E-state index in [4.69, 9.17) is 4.74 Å². The first-order chi connectivity index (χ1) is 11.7. The van der Waals surface area contributed by atoms with E-state index < -0.39 is 5.60 Å². The van der Waals surface area contributed by atoms with Crippen LogP contribution in [0, 0.1) is 13.8 Å². The second kappa shape index (κ2) is 6.16. The van der Waals surface area contributed by atoms with Gasteiger partial charge in [0.1, 0.15) is 0 Å². The van der Waals surface area contributed by atoms with Gasteiger partial charge in [0.2, 0.25) is 5.91 Å². The Morgan fingerprint density at radius 2 is 2.00 bits per heavy atom. The number of likely N-dealkylation sites (tertiary alicyclic amines) is 1. The number of Topliss-reactive ketones (excluding diaryl/α,β-unsaturated/α-hetero) is 1. The minimum Gasteiger partial charge on any atom is -0.439 e. The molecule has 0 aliphatic carbocycles. The van der Waals surface area contributed by atoms with Crippen LogP contribution in [-0.2, 0) is 16.1 Å². The van der Waals surface area contributed by atoms with Crippen LogP contribution < -0.4 is 0 Å². The van der Waals surface area contributed by atoms with E-state index in [9.17, 15) is 14.4 Å². The maximum Gasteiger partial charge on any atom is 0.410 e. The molecule has 25 heavy (non-hydrogen) atoms. The number of amides is 2. The molecule has 1 spiro atoms. The van der Waals surface area contributed by atoms with Crippen LogP contribution in [0.5, 0.6) is 0 Å². The Kier molecular flexibility index (Phi) is 4.30. The zero-order chi connectivity index (χ0) is 18.4. The zero-order valence-electron chi connectivity index (χ0n) is 15.2. The Morgan fingerprint density at radius 3 is 2.56 bits per heavy atom. The highest BCUT2D eigenvalue weighted by molar-refractivity contribution is 5.96. The molecule has 0 saturated carbocycles. The number of hydrogen-bond donors (Lipinski definition) is 0. The van der Waals surface area contributed by atoms with Crippen LogP contribution in [0.4, 0.5) is 4.79 Å². The third-order valence-electron chi connectivity index (χ3n) is 5.08. The zero-order valence-corrected chi connectivity index (χ0v) is 15.2. The fourth-order valence-electron chi connectivity index (χ4n) is 3.85. The average molecular weight is 348 g/mol. The van der Waals surface area contributed by atoms with E-state index in [-0.39, 0.29) is 17.8 Å². The lowest BCUT2D eigenvalue weighted by atomic mass is 10.0. The second-order valence-electron chi connectivity index (χ2n) is 7.05. The third kappa shape index (κ3) is 3.12. The first-order valence-corrected chi connectivity index (χ1v) is 8.49. The highest BCUT2D eigenvalue weighted by Gasteiger charge is 2.49. The van der Waals surface area contributed by atoms with Crippen molar-refractivity contribution >= 4 is 17.8 Å². The van der Waals surface area contributed by atoms with Crippen LogP contribution in [0.15, 0.2) is 0 Å². The monoisotopic (exact) mass is 348 g/mol. The van der Waals surface area contributed by atoms with E-state index in [0.29, 0.717) is 50.3 Å². The molecule has 0 unspecified atom stereocenters. The second-order valence-corrected chi connectivity index (χ2v) is 7.05. The van der Waals surface area contributed by atoms with Crippen molar-refractivity contribution in [3.63, 3.8) is 0 Å². The van der Waals surface area contributed by atoms with Gasteiger partial charge in [-0.1, -0.05) is 0 Å². The Labute approximate surface area is 146 Å². The van der Waals surface area contributed by atoms with Crippen LogP contribution >= 0.6 is 0 Å². The number of ketones is 1. The van der Waals surface area contributed by atoms with Crippen molar-refractivity contribution in [2.45, 2.75) is 45.8 Å². The summed E-state index contributed by atoms with van der Waals surface area (Å²) in [5.74, 6) is 0.000588. The van der Waals surface area contributed by atoms with E-state index in [1.807, 2.05) is 6.92 Å². The van der Waals surface area contributed by atoms with Gasteiger partial charge in [-0.3, -0.25) is 14.3 Å². The molecule has 8 nitrogen and oxygen atoms in total. The number of nitrogens with zero attached hydrogens (tertiary/aromatic N) is 4. The Bertz CT molecular complexity index is 741. The summed E-state index contributed by atoms with van der Waals surface area (Å²) in [5, 5.41) is 4.37. The lowest BCUT2D eigenvalue weighted by Gasteiger charge is -2.21. The molecule has 3 rings (SSSR count). The SMILES string of the molecule is CC(=O)c1c(C)nn(CCC(=O)N2CC[C@@]3(CN(C)C(=O)O3)C2)c1C. The minimum absolute atomic E-state index is 0.0127. The summed E-state index contributed by atoms with van der Waals surface area (Å²) >= 11 is 0. The summed E-state index contributed by atoms with van der Waals surface area (Å²) in [6, 6.07) is 0. The standard InChI is InChI=1S/C17H24N4O4/c1-11-15(13(3)22)12(2)21(18-11)7-5-14(23)20-8-6-17(10-20)9-19(4)16(24)25-17/h5-10H2,1-4H3/t17-/m1/s1. The third-order valence-corrected chi connectivity index (χ3v) is 5.08. The van der Waals surface area contributed by atoms with E-state index in [0.717, 1.165) is 5.69 Å². The number of rotatable bonds is 4. The summed E-state index contributed by atoms with van der Waals surface area (Å²) < 4.78 is 7.19. The van der Waals surface area contributed by atoms with Gasteiger partial charge in [0.15, 0.2) is 11.4 Å². The van der Waals surface area contributed by atoms with Gasteiger partial charge >= 0.3 is 6.09 Å². The first kappa shape index (κ1) is 17.4. The van der Waals surface area contributed by atoms with Crippen LogP contribution in [0.1, 0.15) is 41.5 Å². The van der Waals surface area contributed by atoms with Crippen molar-refractivity contribution in [2.75, 3.05) is 26.7 Å². The number of likely N-dealkylation sites (N-methyl/N-ethyl adjacent to an activating group) is 1. The summed E-state index contributed by atoms with van der Waals surface area (Å²) in [6.07, 6.45) is 0.649. The van der Waals surface area contributed by atoms with Crippen LogP contribution in [-0.4, -0.2) is 69.6 Å². The van der Waals surface area contributed by atoms with Crippen molar-refractivity contribution in [1.82, 2.24) is 19.6 Å². The minimum atomic E-state index is -0.554. The van der Waals surface area contributed by atoms with E-state index >= 15 is 0 Å². The van der Waals surface area contributed by atoms with Crippen LogP contribution in [0.2, 0.25) is 0 Å². The first-order valence-electron chi connectivity index (χ1n) is 8.49. The predicted octanol–water partition coefficient (Wildman–Crippen LogP) is 1.15. The molecule has 1 aromatic heterocycles. The summed E-state index contributed by atoms with van der Waals surface area (Å²) in [4.78, 5) is 39.1. The van der Waals surface area contributed by atoms with E-state index in [2.05, 4.69) is 5.10 Å². The molecule has 2 amide bonds. The number of ether oxygens (including phenoxy) is 1. The molecule has 3 heterocycles. The van der Waals surface area contributed by atoms with Gasteiger partial charge in [-0.05, 0) is 20.8 Å². The fourth-order valence-corrected chi connectivity index (χ4v) is 3.85. The van der Waals surface area contributed by atoms with Crippen molar-refractivity contribution < 1.29 is 19.1 Å². The smallest absolute Gasteiger partial charge is 0.410 e. The van der Waals surface area contributed by atoms with Gasteiger partial charge in [-0.25, -0.2) is 4.79 Å². The molecule has 0 bridgehead atoms. The maximum atomic E-state index is 12.5. The topological polar surface area (TPSA) is 84.7 Å². The number of hydrogen-bond acceptors (Lipinski definition) is 5. The van der Waals surface area contributed by atoms with Gasteiger partial charge in [-0.2, -0.15) is 5.10 Å². The molecule has 0 radical (unpaired) electrons. The van der Waals surface area contributed by atoms with Crippen molar-refractivity contribution in [2.24, 2.45) is 0 Å². The highest BCUT2D eigenvalue weighted by atomic mass is 16.6. The lowest BCUT2D eigenvalue weighted by molar-refractivity contribution is -0.131. The number of aryl methyl sites for hydroxylation is 2. The van der Waals surface area contributed by atoms with Gasteiger partial charge in [0, 0.05) is 38.7 Å². The van der Waals surface area contributed by atoms with E-state index in [1.54, 1.807) is 28.5 Å². The average Bonchev–Trinajstić information content (AvgIpc) is 3.14. The Morgan fingerprint density at radius 1 is 1.28 bits per heavy atom. The maximum absolute atomic E-state index is 12.5. The molecule has 1 aromatic rings. The van der Waals surface area contributed by atoms with Gasteiger partial charge in [0.25, 0.3) is 0 Å². The molecular weight excluding hydrogens is 324 g/mol.